The van der Waals surface area contributed by atoms with Crippen molar-refractivity contribution in [2.45, 2.75) is 4.90 Å². The van der Waals surface area contributed by atoms with Gasteiger partial charge in [-0.15, -0.1) is 0 Å². The first kappa shape index (κ1) is 19.9. The van der Waals surface area contributed by atoms with E-state index in [1.165, 1.54) is 4.31 Å². The van der Waals surface area contributed by atoms with Gasteiger partial charge in [0.05, 0.1) is 4.90 Å². The molecule has 3 aromatic rings. The number of benzene rings is 2. The van der Waals surface area contributed by atoms with Gasteiger partial charge in [0, 0.05) is 60.5 Å². The maximum atomic E-state index is 13.0. The average molecular weight is 477 g/mol. The van der Waals surface area contributed by atoms with Crippen LogP contribution in [0.5, 0.6) is 0 Å². The van der Waals surface area contributed by atoms with E-state index in [0.717, 1.165) is 15.4 Å². The number of piperazine rings is 1. The van der Waals surface area contributed by atoms with Crippen molar-refractivity contribution in [1.29, 1.82) is 0 Å². The second kappa shape index (κ2) is 7.81. The van der Waals surface area contributed by atoms with Crippen LogP contribution >= 0.6 is 15.9 Å². The Kier molecular flexibility index (Phi) is 5.37. The summed E-state index contributed by atoms with van der Waals surface area (Å²) in [4.78, 5) is 14.4. The monoisotopic (exact) mass is 476 g/mol. The van der Waals surface area contributed by atoms with E-state index in [4.69, 9.17) is 0 Å². The second-order valence-electron chi connectivity index (χ2n) is 6.98. The van der Waals surface area contributed by atoms with Gasteiger partial charge in [0.15, 0.2) is 0 Å². The first-order valence-electron chi connectivity index (χ1n) is 9.21. The fourth-order valence-corrected chi connectivity index (χ4v) is 5.16. The Morgan fingerprint density at radius 3 is 2.38 bits per heavy atom. The van der Waals surface area contributed by atoms with E-state index in [1.807, 2.05) is 54.2 Å². The lowest BCUT2D eigenvalue weighted by atomic mass is 10.2. The van der Waals surface area contributed by atoms with Gasteiger partial charge >= 0.3 is 6.03 Å². The number of hydrogen-bond donors (Lipinski definition) is 1. The molecular weight excluding hydrogens is 456 g/mol. The Balaban J connectivity index is 1.42. The Labute approximate surface area is 178 Å². The number of carbonyl (C=O) groups is 1. The zero-order chi connectivity index (χ0) is 20.6. The lowest BCUT2D eigenvalue weighted by Crippen LogP contribution is -2.51. The number of halogens is 1. The molecule has 29 heavy (non-hydrogen) atoms. The molecule has 152 valence electrons. The molecule has 1 aliphatic heterocycles. The molecule has 1 aromatic heterocycles. The highest BCUT2D eigenvalue weighted by Gasteiger charge is 2.30. The van der Waals surface area contributed by atoms with E-state index in [9.17, 15) is 13.2 Å². The molecule has 1 aliphatic rings. The molecule has 9 heteroatoms. The Bertz CT molecular complexity index is 1150. The minimum Gasteiger partial charge on any atom is -0.351 e. The van der Waals surface area contributed by atoms with E-state index in [-0.39, 0.29) is 24.0 Å². The highest BCUT2D eigenvalue weighted by molar-refractivity contribution is 9.10. The van der Waals surface area contributed by atoms with Crippen LogP contribution in [0, 0.1) is 0 Å². The first-order chi connectivity index (χ1) is 13.8. The van der Waals surface area contributed by atoms with Crippen molar-refractivity contribution in [1.82, 2.24) is 13.8 Å². The van der Waals surface area contributed by atoms with Crippen LogP contribution in [0.4, 0.5) is 10.5 Å². The molecule has 4 rings (SSSR count). The van der Waals surface area contributed by atoms with Crippen LogP contribution in [0.3, 0.4) is 0 Å². The van der Waals surface area contributed by atoms with Crippen molar-refractivity contribution in [3.05, 3.63) is 59.2 Å². The SMILES string of the molecule is Cn1ccc2cc(S(=O)(=O)N3CCN(C(=O)Nc4ccc(Br)cc4)CC3)ccc21. The molecule has 0 bridgehead atoms. The third-order valence-corrected chi connectivity index (χ3v) is 7.54. The summed E-state index contributed by atoms with van der Waals surface area (Å²) in [6, 6.07) is 14.2. The molecule has 1 N–H and O–H groups in total. The Morgan fingerprint density at radius 2 is 1.69 bits per heavy atom. The summed E-state index contributed by atoms with van der Waals surface area (Å²) in [6.45, 7) is 1.22. The average Bonchev–Trinajstić information content (AvgIpc) is 3.10. The minimum absolute atomic E-state index is 0.227. The standard InChI is InChI=1S/C20H21BrN4O3S/c1-23-9-8-15-14-18(6-7-19(15)23)29(27,28)25-12-10-24(11-13-25)20(26)22-17-4-2-16(21)3-5-17/h2-9,14H,10-13H2,1H3,(H,22,26). The van der Waals surface area contributed by atoms with Gasteiger partial charge in [0.2, 0.25) is 10.0 Å². The molecule has 2 heterocycles. The Hall–Kier alpha value is -2.36. The third kappa shape index (κ3) is 4.03. The number of aryl methyl sites for hydroxylation is 1. The first-order valence-corrected chi connectivity index (χ1v) is 11.4. The maximum absolute atomic E-state index is 13.0. The topological polar surface area (TPSA) is 74.7 Å². The quantitative estimate of drug-likeness (QED) is 0.628. The van der Waals surface area contributed by atoms with Crippen molar-refractivity contribution in [3.8, 4) is 0 Å². The van der Waals surface area contributed by atoms with Crippen molar-refractivity contribution >= 4 is 48.6 Å². The van der Waals surface area contributed by atoms with Gasteiger partial charge < -0.3 is 14.8 Å². The highest BCUT2D eigenvalue weighted by atomic mass is 79.9. The molecule has 0 atom stereocenters. The number of amides is 2. The van der Waals surface area contributed by atoms with Gasteiger partial charge in [-0.3, -0.25) is 0 Å². The zero-order valence-electron chi connectivity index (χ0n) is 15.9. The van der Waals surface area contributed by atoms with Gasteiger partial charge in [0.25, 0.3) is 0 Å². The predicted octanol–water partition coefficient (Wildman–Crippen LogP) is 3.48. The molecule has 0 radical (unpaired) electrons. The minimum atomic E-state index is -3.60. The second-order valence-corrected chi connectivity index (χ2v) is 9.83. The number of rotatable bonds is 3. The summed E-state index contributed by atoms with van der Waals surface area (Å²) in [5.74, 6) is 0. The predicted molar refractivity (Wildman–Crippen MR) is 116 cm³/mol. The Morgan fingerprint density at radius 1 is 1.00 bits per heavy atom. The van der Waals surface area contributed by atoms with Crippen LogP contribution in [0.25, 0.3) is 10.9 Å². The zero-order valence-corrected chi connectivity index (χ0v) is 18.3. The molecule has 0 unspecified atom stereocenters. The highest BCUT2D eigenvalue weighted by Crippen LogP contribution is 2.23. The summed E-state index contributed by atoms with van der Waals surface area (Å²) >= 11 is 3.36. The van der Waals surface area contributed by atoms with Crippen molar-refractivity contribution < 1.29 is 13.2 Å². The largest absolute Gasteiger partial charge is 0.351 e. The maximum Gasteiger partial charge on any atom is 0.321 e. The van der Waals surface area contributed by atoms with Gasteiger partial charge in [-0.05, 0) is 48.5 Å². The number of sulfonamides is 1. The number of anilines is 1. The van der Waals surface area contributed by atoms with E-state index >= 15 is 0 Å². The van der Waals surface area contributed by atoms with Gasteiger partial charge in [-0.2, -0.15) is 4.31 Å². The normalized spacial score (nSPS) is 15.6. The molecule has 0 aliphatic carbocycles. The van der Waals surface area contributed by atoms with Crippen LogP contribution in [0.1, 0.15) is 0 Å². The van der Waals surface area contributed by atoms with Crippen LogP contribution in [-0.4, -0.2) is 54.4 Å². The molecule has 1 saturated heterocycles. The van der Waals surface area contributed by atoms with Crippen molar-refractivity contribution in [2.75, 3.05) is 31.5 Å². The molecule has 2 amide bonds. The van der Waals surface area contributed by atoms with E-state index in [2.05, 4.69) is 21.2 Å². The van der Waals surface area contributed by atoms with E-state index in [0.29, 0.717) is 18.8 Å². The number of hydrogen-bond acceptors (Lipinski definition) is 3. The fourth-order valence-electron chi connectivity index (χ4n) is 3.44. The molecule has 0 saturated carbocycles. The number of nitrogens with one attached hydrogen (secondary N) is 1. The van der Waals surface area contributed by atoms with Crippen LogP contribution in [0.2, 0.25) is 0 Å². The summed E-state index contributed by atoms with van der Waals surface area (Å²) in [5, 5.41) is 3.73. The summed E-state index contributed by atoms with van der Waals surface area (Å²) in [5.41, 5.74) is 1.68. The van der Waals surface area contributed by atoms with Gasteiger partial charge in [0.1, 0.15) is 0 Å². The van der Waals surface area contributed by atoms with Crippen LogP contribution in [0.15, 0.2) is 64.1 Å². The molecule has 1 fully saturated rings. The summed E-state index contributed by atoms with van der Waals surface area (Å²) in [7, 11) is -1.67. The fraction of sp³-hybridized carbons (Fsp3) is 0.250. The van der Waals surface area contributed by atoms with Crippen LogP contribution in [-0.2, 0) is 17.1 Å². The van der Waals surface area contributed by atoms with E-state index in [1.54, 1.807) is 17.0 Å². The molecule has 7 nitrogen and oxygen atoms in total. The molecule has 2 aromatic carbocycles. The summed E-state index contributed by atoms with van der Waals surface area (Å²) < 4.78 is 30.4. The lowest BCUT2D eigenvalue weighted by Gasteiger charge is -2.34. The van der Waals surface area contributed by atoms with Crippen LogP contribution < -0.4 is 5.32 Å². The smallest absolute Gasteiger partial charge is 0.321 e. The van der Waals surface area contributed by atoms with E-state index < -0.39 is 10.0 Å². The molecule has 0 spiro atoms. The number of nitrogens with zero attached hydrogens (tertiary/aromatic N) is 3. The lowest BCUT2D eigenvalue weighted by molar-refractivity contribution is 0.184. The molecular formula is C20H21BrN4O3S. The number of urea groups is 1. The number of carbonyl (C=O) groups excluding carboxylic acids is 1. The number of aromatic nitrogens is 1. The van der Waals surface area contributed by atoms with Gasteiger partial charge in [-0.25, -0.2) is 13.2 Å². The van der Waals surface area contributed by atoms with Gasteiger partial charge in [-0.1, -0.05) is 15.9 Å². The van der Waals surface area contributed by atoms with Crippen molar-refractivity contribution in [3.63, 3.8) is 0 Å². The third-order valence-electron chi connectivity index (χ3n) is 5.12. The number of fused-ring (bicyclic) bond motifs is 1. The van der Waals surface area contributed by atoms with Crippen molar-refractivity contribution in [2.24, 2.45) is 7.05 Å². The summed E-state index contributed by atoms with van der Waals surface area (Å²) in [6.07, 6.45) is 1.91.